The van der Waals surface area contributed by atoms with Crippen molar-refractivity contribution in [2.24, 2.45) is 0 Å². The molecule has 0 bridgehead atoms. The lowest BCUT2D eigenvalue weighted by atomic mass is 10.7. The molecule has 0 aromatic rings. The normalized spacial score (nSPS) is 8.90. The van der Waals surface area contributed by atoms with E-state index in [1.165, 1.54) is 0 Å². The van der Waals surface area contributed by atoms with Gasteiger partial charge in [-0.1, -0.05) is 13.2 Å². The molecule has 0 fully saturated rings. The van der Waals surface area contributed by atoms with E-state index in [1.54, 1.807) is 0 Å². The number of hydrogen-bond acceptors (Lipinski definition) is 3. The first kappa shape index (κ1) is 8.97. The minimum atomic E-state index is -2.12. The van der Waals surface area contributed by atoms with Crippen molar-refractivity contribution in [3.05, 3.63) is 25.3 Å². The second-order valence-electron chi connectivity index (χ2n) is 1.32. The smallest absolute Gasteiger partial charge is 0.249 e. The summed E-state index contributed by atoms with van der Waals surface area (Å²) in [7, 11) is -2.12. The van der Waals surface area contributed by atoms with Gasteiger partial charge in [-0.3, -0.25) is 9.59 Å². The third kappa shape index (κ3) is 2.06. The molecule has 10 heavy (non-hydrogen) atoms. The molecule has 0 rings (SSSR count). The molecule has 0 aliphatic rings. The van der Waals surface area contributed by atoms with E-state index >= 15 is 0 Å². The molecule has 0 spiro atoms. The maximum absolute atomic E-state index is 10.6. The van der Waals surface area contributed by atoms with E-state index in [9.17, 15) is 13.8 Å². The third-order valence-electron chi connectivity index (χ3n) is 0.699. The zero-order valence-electron chi connectivity index (χ0n) is 5.20. The molecule has 0 N–H and O–H groups in total. The van der Waals surface area contributed by atoms with Crippen molar-refractivity contribution >= 4 is 21.0 Å². The van der Waals surface area contributed by atoms with E-state index in [0.717, 1.165) is 12.2 Å². The molecule has 54 valence electrons. The van der Waals surface area contributed by atoms with Crippen LogP contribution < -0.4 is 0 Å². The van der Waals surface area contributed by atoms with Crippen molar-refractivity contribution in [2.45, 2.75) is 0 Å². The highest BCUT2D eigenvalue weighted by Crippen LogP contribution is 1.88. The van der Waals surface area contributed by atoms with E-state index in [2.05, 4.69) is 13.2 Å². The van der Waals surface area contributed by atoms with Gasteiger partial charge in [-0.2, -0.15) is 0 Å². The fraction of sp³-hybridized carbons (Fsp3) is 0. The highest BCUT2D eigenvalue weighted by Gasteiger charge is 2.13. The first-order valence-corrected chi connectivity index (χ1v) is 3.53. The molecule has 0 atom stereocenters. The first-order valence-electron chi connectivity index (χ1n) is 2.38. The molecule has 0 aromatic heterocycles. The predicted octanol–water partition coefficient (Wildman–Crippen LogP) is 0.160. The Kier molecular flexibility index (Phi) is 3.49. The fourth-order valence-electron chi connectivity index (χ4n) is 0.251. The molecular weight excluding hydrogens is 152 g/mol. The molecule has 3 nitrogen and oxygen atoms in total. The van der Waals surface area contributed by atoms with Crippen LogP contribution in [0.5, 0.6) is 0 Å². The topological polar surface area (TPSA) is 51.2 Å². The number of rotatable bonds is 2. The number of carbonyl (C=O) groups is 2. The van der Waals surface area contributed by atoms with Gasteiger partial charge in [0.05, 0.1) is 0 Å². The first-order chi connectivity index (χ1) is 4.63. The minimum Gasteiger partial charge on any atom is -0.279 e. The van der Waals surface area contributed by atoms with Crippen molar-refractivity contribution in [3.63, 3.8) is 0 Å². The van der Waals surface area contributed by atoms with Crippen molar-refractivity contribution < 1.29 is 13.8 Å². The van der Waals surface area contributed by atoms with E-state index in [1.807, 2.05) is 0 Å². The van der Waals surface area contributed by atoms with Crippen molar-refractivity contribution in [2.75, 3.05) is 0 Å². The molecule has 0 aliphatic carbocycles. The van der Waals surface area contributed by atoms with E-state index in [0.29, 0.717) is 0 Å². The van der Waals surface area contributed by atoms with E-state index in [4.69, 9.17) is 0 Å². The summed E-state index contributed by atoms with van der Waals surface area (Å²) in [5.41, 5.74) is 0. The van der Waals surface area contributed by atoms with Gasteiger partial charge in [-0.15, -0.1) is 0 Å². The molecule has 0 aliphatic heterocycles. The molecule has 0 heterocycles. The van der Waals surface area contributed by atoms with Crippen LogP contribution in [0.4, 0.5) is 0 Å². The van der Waals surface area contributed by atoms with Gasteiger partial charge in [0.2, 0.25) is 10.2 Å². The van der Waals surface area contributed by atoms with Gasteiger partial charge in [0, 0.05) is 0 Å². The van der Waals surface area contributed by atoms with Gasteiger partial charge in [-0.25, -0.2) is 4.21 Å². The van der Waals surface area contributed by atoms with Crippen LogP contribution in [0.1, 0.15) is 0 Å². The van der Waals surface area contributed by atoms with Crippen LogP contribution in [-0.4, -0.2) is 14.4 Å². The Bertz CT molecular complexity index is 195. The molecule has 0 saturated heterocycles. The SMILES string of the molecule is C=CC(=O)S(=O)C(=O)C=C. The summed E-state index contributed by atoms with van der Waals surface area (Å²) in [5, 5.41) is -1.57. The third-order valence-corrected chi connectivity index (χ3v) is 1.76. The van der Waals surface area contributed by atoms with Gasteiger partial charge >= 0.3 is 0 Å². The predicted molar refractivity (Wildman–Crippen MR) is 38.6 cm³/mol. The summed E-state index contributed by atoms with van der Waals surface area (Å²) in [5.74, 6) is 0. The van der Waals surface area contributed by atoms with Crippen LogP contribution in [0, 0.1) is 0 Å². The summed E-state index contributed by atoms with van der Waals surface area (Å²) in [6.45, 7) is 6.14. The minimum absolute atomic E-state index is 0.787. The fourth-order valence-corrected chi connectivity index (χ4v) is 0.752. The molecule has 4 heteroatoms. The van der Waals surface area contributed by atoms with Crippen LogP contribution in [0.25, 0.3) is 0 Å². The lowest BCUT2D eigenvalue weighted by Crippen LogP contribution is -2.11. The summed E-state index contributed by atoms with van der Waals surface area (Å²) in [6, 6.07) is 0. The Morgan fingerprint density at radius 3 is 1.60 bits per heavy atom. The average Bonchev–Trinajstić information content (AvgIpc) is 2.00. The lowest BCUT2D eigenvalue weighted by Gasteiger charge is -1.86. The van der Waals surface area contributed by atoms with Crippen molar-refractivity contribution in [1.29, 1.82) is 0 Å². The van der Waals surface area contributed by atoms with Gasteiger partial charge in [0.1, 0.15) is 0 Å². The van der Waals surface area contributed by atoms with Gasteiger partial charge in [0.15, 0.2) is 10.8 Å². The molecular formula is C6H6O3S. The maximum atomic E-state index is 10.6. The largest absolute Gasteiger partial charge is 0.279 e. The zero-order valence-corrected chi connectivity index (χ0v) is 6.02. The van der Waals surface area contributed by atoms with Crippen LogP contribution in [0.15, 0.2) is 25.3 Å². The monoisotopic (exact) mass is 158 g/mol. The van der Waals surface area contributed by atoms with Crippen molar-refractivity contribution in [1.82, 2.24) is 0 Å². The van der Waals surface area contributed by atoms with Crippen LogP contribution in [0.3, 0.4) is 0 Å². The quantitative estimate of drug-likeness (QED) is 0.538. The summed E-state index contributed by atoms with van der Waals surface area (Å²) < 4.78 is 10.6. The molecule has 0 saturated carbocycles. The Hall–Kier alpha value is -1.03. The molecule has 0 amide bonds. The summed E-state index contributed by atoms with van der Waals surface area (Å²) in [4.78, 5) is 20.9. The van der Waals surface area contributed by atoms with Gasteiger partial charge < -0.3 is 0 Å². The highest BCUT2D eigenvalue weighted by molar-refractivity contribution is 8.14. The van der Waals surface area contributed by atoms with Crippen LogP contribution in [-0.2, 0) is 20.4 Å². The zero-order chi connectivity index (χ0) is 8.15. The van der Waals surface area contributed by atoms with Crippen molar-refractivity contribution in [3.8, 4) is 0 Å². The Morgan fingerprint density at radius 1 is 1.10 bits per heavy atom. The molecule has 0 aromatic carbocycles. The standard InChI is InChI=1S/C6H6O3S/c1-3-5(7)10(9)6(8)4-2/h3-4H,1-2H2. The molecule has 0 unspecified atom stereocenters. The second kappa shape index (κ2) is 3.90. The highest BCUT2D eigenvalue weighted by atomic mass is 32.2. The second-order valence-corrected chi connectivity index (χ2v) is 2.66. The maximum Gasteiger partial charge on any atom is 0.249 e. The molecule has 0 radical (unpaired) electrons. The summed E-state index contributed by atoms with van der Waals surface area (Å²) in [6.07, 6.45) is 1.69. The number of carbonyl (C=O) groups excluding carboxylic acids is 2. The lowest BCUT2D eigenvalue weighted by molar-refractivity contribution is -0.109. The van der Waals surface area contributed by atoms with Gasteiger partial charge in [-0.05, 0) is 12.2 Å². The average molecular weight is 158 g/mol. The Balaban J connectivity index is 4.36. The van der Waals surface area contributed by atoms with Gasteiger partial charge in [0.25, 0.3) is 0 Å². The van der Waals surface area contributed by atoms with E-state index in [-0.39, 0.29) is 0 Å². The summed E-state index contributed by atoms with van der Waals surface area (Å²) >= 11 is 0. The Labute approximate surface area is 60.9 Å². The van der Waals surface area contributed by atoms with E-state index < -0.39 is 21.0 Å². The van der Waals surface area contributed by atoms with Crippen LogP contribution in [0.2, 0.25) is 0 Å². The van der Waals surface area contributed by atoms with Crippen LogP contribution >= 0.6 is 0 Å². The Morgan fingerprint density at radius 2 is 1.40 bits per heavy atom. The number of hydrogen-bond donors (Lipinski definition) is 0.